The molecule has 0 unspecified atom stereocenters. The van der Waals surface area contributed by atoms with Crippen molar-refractivity contribution in [1.29, 1.82) is 0 Å². The van der Waals surface area contributed by atoms with E-state index in [1.54, 1.807) is 42.5 Å². The minimum absolute atomic E-state index is 0.0647. The highest BCUT2D eigenvalue weighted by Crippen LogP contribution is 2.30. The minimum atomic E-state index is -3.95. The SMILES string of the molecule is COc1ccc(S(=O)(=O)N(c2ccccc2)[C@H]2C=CS(=O)(=O)C2)cc1. The van der Waals surface area contributed by atoms with Gasteiger partial charge in [0.2, 0.25) is 0 Å². The largest absolute Gasteiger partial charge is 0.497 e. The number of hydrogen-bond donors (Lipinski definition) is 0. The van der Waals surface area contributed by atoms with Crippen molar-refractivity contribution in [3.63, 3.8) is 0 Å². The van der Waals surface area contributed by atoms with Gasteiger partial charge in [-0.3, -0.25) is 4.31 Å². The Kier molecular flexibility index (Phi) is 4.57. The number of hydrogen-bond acceptors (Lipinski definition) is 5. The maximum atomic E-state index is 13.2. The van der Waals surface area contributed by atoms with Gasteiger partial charge in [0.1, 0.15) is 5.75 Å². The van der Waals surface area contributed by atoms with E-state index in [-0.39, 0.29) is 10.6 Å². The van der Waals surface area contributed by atoms with Crippen LogP contribution in [0.1, 0.15) is 0 Å². The van der Waals surface area contributed by atoms with Crippen molar-refractivity contribution >= 4 is 25.5 Å². The van der Waals surface area contributed by atoms with Crippen LogP contribution in [0.15, 0.2) is 71.0 Å². The van der Waals surface area contributed by atoms with Crippen LogP contribution < -0.4 is 9.04 Å². The van der Waals surface area contributed by atoms with Crippen molar-refractivity contribution < 1.29 is 21.6 Å². The summed E-state index contributed by atoms with van der Waals surface area (Å²) >= 11 is 0. The molecule has 0 aromatic heterocycles. The molecular weight excluding hydrogens is 362 g/mol. The Bertz CT molecular complexity index is 981. The molecule has 0 radical (unpaired) electrons. The molecule has 0 saturated heterocycles. The van der Waals surface area contributed by atoms with Gasteiger partial charge in [0.05, 0.1) is 29.5 Å². The normalized spacial score (nSPS) is 18.8. The molecule has 3 rings (SSSR count). The summed E-state index contributed by atoms with van der Waals surface area (Å²) in [6.45, 7) is 0. The maximum Gasteiger partial charge on any atom is 0.264 e. The molecule has 1 aliphatic heterocycles. The summed E-state index contributed by atoms with van der Waals surface area (Å²) in [6, 6.07) is 13.7. The molecule has 0 spiro atoms. The first-order valence-electron chi connectivity index (χ1n) is 7.48. The molecule has 132 valence electrons. The molecule has 1 atom stereocenters. The van der Waals surface area contributed by atoms with Crippen LogP contribution in [-0.4, -0.2) is 35.7 Å². The molecule has 0 N–H and O–H groups in total. The number of ether oxygens (including phenoxy) is 1. The Morgan fingerprint density at radius 2 is 1.68 bits per heavy atom. The molecule has 0 bridgehead atoms. The van der Waals surface area contributed by atoms with E-state index in [9.17, 15) is 16.8 Å². The number of para-hydroxylation sites is 1. The second-order valence-electron chi connectivity index (χ2n) is 5.54. The van der Waals surface area contributed by atoms with Gasteiger partial charge in [-0.05, 0) is 42.5 Å². The molecule has 0 amide bonds. The molecule has 2 aromatic rings. The molecule has 1 aliphatic rings. The number of benzene rings is 2. The van der Waals surface area contributed by atoms with E-state index >= 15 is 0 Å². The highest BCUT2D eigenvalue weighted by Gasteiger charge is 2.35. The topological polar surface area (TPSA) is 80.8 Å². The lowest BCUT2D eigenvalue weighted by Crippen LogP contribution is -2.41. The fraction of sp³-hybridized carbons (Fsp3) is 0.176. The monoisotopic (exact) mass is 379 g/mol. The zero-order valence-corrected chi connectivity index (χ0v) is 15.1. The fourth-order valence-electron chi connectivity index (χ4n) is 2.65. The van der Waals surface area contributed by atoms with Crippen LogP contribution >= 0.6 is 0 Å². The van der Waals surface area contributed by atoms with Gasteiger partial charge in [-0.2, -0.15) is 0 Å². The third-order valence-corrected chi connectivity index (χ3v) is 7.08. The molecule has 0 saturated carbocycles. The van der Waals surface area contributed by atoms with E-state index < -0.39 is 25.9 Å². The minimum Gasteiger partial charge on any atom is -0.497 e. The van der Waals surface area contributed by atoms with Crippen molar-refractivity contribution in [2.75, 3.05) is 17.2 Å². The fourth-order valence-corrected chi connectivity index (χ4v) is 5.62. The Morgan fingerprint density at radius 3 is 2.20 bits per heavy atom. The summed E-state index contributed by atoms with van der Waals surface area (Å²) < 4.78 is 56.2. The van der Waals surface area contributed by atoms with Gasteiger partial charge < -0.3 is 4.74 Å². The van der Waals surface area contributed by atoms with Crippen LogP contribution in [0.2, 0.25) is 0 Å². The third-order valence-electron chi connectivity index (χ3n) is 3.84. The first-order valence-corrected chi connectivity index (χ1v) is 10.6. The molecule has 2 aromatic carbocycles. The molecule has 25 heavy (non-hydrogen) atoms. The molecule has 1 heterocycles. The second-order valence-corrected chi connectivity index (χ2v) is 9.28. The van der Waals surface area contributed by atoms with Crippen molar-refractivity contribution in [2.24, 2.45) is 0 Å². The van der Waals surface area contributed by atoms with E-state index in [0.29, 0.717) is 11.4 Å². The Morgan fingerprint density at radius 1 is 1.04 bits per heavy atom. The smallest absolute Gasteiger partial charge is 0.264 e. The average molecular weight is 379 g/mol. The number of sulfonamides is 1. The lowest BCUT2D eigenvalue weighted by molar-refractivity contribution is 0.414. The van der Waals surface area contributed by atoms with E-state index in [0.717, 1.165) is 9.71 Å². The van der Waals surface area contributed by atoms with Gasteiger partial charge in [0.25, 0.3) is 10.0 Å². The zero-order valence-electron chi connectivity index (χ0n) is 13.4. The van der Waals surface area contributed by atoms with Crippen molar-refractivity contribution in [1.82, 2.24) is 0 Å². The average Bonchev–Trinajstić information content (AvgIpc) is 2.95. The van der Waals surface area contributed by atoms with Crippen molar-refractivity contribution in [3.05, 3.63) is 66.1 Å². The first-order chi connectivity index (χ1) is 11.8. The summed E-state index contributed by atoms with van der Waals surface area (Å²) in [5.74, 6) is 0.255. The standard InChI is InChI=1S/C17H17NO5S2/c1-23-16-7-9-17(10-8-16)25(21,22)18(14-5-3-2-4-6-14)15-11-12-24(19,20)13-15/h2-12,15H,13H2,1H3/t15-/m0/s1. The summed E-state index contributed by atoms with van der Waals surface area (Å²) in [4.78, 5) is 0.0647. The third kappa shape index (κ3) is 3.54. The lowest BCUT2D eigenvalue weighted by Gasteiger charge is -2.29. The summed E-state index contributed by atoms with van der Waals surface area (Å²) in [5.41, 5.74) is 0.407. The summed E-state index contributed by atoms with van der Waals surface area (Å²) in [7, 11) is -5.86. The quantitative estimate of drug-likeness (QED) is 0.796. The highest BCUT2D eigenvalue weighted by molar-refractivity contribution is 7.95. The van der Waals surface area contributed by atoms with Crippen LogP contribution in [0.25, 0.3) is 0 Å². The van der Waals surface area contributed by atoms with Gasteiger partial charge in [-0.1, -0.05) is 18.2 Å². The van der Waals surface area contributed by atoms with Gasteiger partial charge in [-0.15, -0.1) is 0 Å². The van der Waals surface area contributed by atoms with E-state index in [1.807, 2.05) is 0 Å². The van der Waals surface area contributed by atoms with Crippen molar-refractivity contribution in [2.45, 2.75) is 10.9 Å². The summed E-state index contributed by atoms with van der Waals surface area (Å²) in [6.07, 6.45) is 1.41. The highest BCUT2D eigenvalue weighted by atomic mass is 32.2. The van der Waals surface area contributed by atoms with E-state index in [4.69, 9.17) is 4.74 Å². The zero-order chi connectivity index (χ0) is 18.1. The van der Waals surface area contributed by atoms with Gasteiger partial charge in [0.15, 0.2) is 9.84 Å². The van der Waals surface area contributed by atoms with Crippen LogP contribution in [0, 0.1) is 0 Å². The lowest BCUT2D eigenvalue weighted by atomic mass is 10.2. The molecule has 8 heteroatoms. The van der Waals surface area contributed by atoms with Crippen LogP contribution in [0.4, 0.5) is 5.69 Å². The van der Waals surface area contributed by atoms with Crippen LogP contribution in [0.3, 0.4) is 0 Å². The predicted octanol–water partition coefficient (Wildman–Crippen LogP) is 2.20. The number of nitrogens with zero attached hydrogens (tertiary/aromatic N) is 1. The van der Waals surface area contributed by atoms with Crippen molar-refractivity contribution in [3.8, 4) is 5.75 Å². The Hall–Kier alpha value is -2.32. The first kappa shape index (κ1) is 17.5. The predicted molar refractivity (Wildman–Crippen MR) is 95.8 cm³/mol. The molecular formula is C17H17NO5S2. The Balaban J connectivity index is 2.09. The van der Waals surface area contributed by atoms with Crippen LogP contribution in [0.5, 0.6) is 5.75 Å². The number of rotatable bonds is 5. The van der Waals surface area contributed by atoms with E-state index in [1.165, 1.54) is 25.3 Å². The number of methoxy groups -OCH3 is 1. The maximum absolute atomic E-state index is 13.2. The second kappa shape index (κ2) is 6.53. The molecule has 0 fully saturated rings. The van der Waals surface area contributed by atoms with Gasteiger partial charge in [-0.25, -0.2) is 16.8 Å². The number of anilines is 1. The van der Waals surface area contributed by atoms with Crippen LogP contribution in [-0.2, 0) is 19.9 Å². The van der Waals surface area contributed by atoms with Gasteiger partial charge in [0, 0.05) is 5.41 Å². The van der Waals surface area contributed by atoms with E-state index in [2.05, 4.69) is 0 Å². The molecule has 0 aliphatic carbocycles. The summed E-state index contributed by atoms with van der Waals surface area (Å²) in [5, 5.41) is 1.07. The molecule has 6 nitrogen and oxygen atoms in total. The van der Waals surface area contributed by atoms with Gasteiger partial charge >= 0.3 is 0 Å². The number of sulfone groups is 1. The Labute approximate surface area is 147 Å².